The highest BCUT2D eigenvalue weighted by atomic mass is 32.1. The van der Waals surface area contributed by atoms with Crippen LogP contribution in [0.2, 0.25) is 0 Å². The average molecular weight is 496 g/mol. The summed E-state index contributed by atoms with van der Waals surface area (Å²) >= 11 is 1.28. The lowest BCUT2D eigenvalue weighted by atomic mass is 10.2. The molecule has 0 N–H and O–H groups in total. The van der Waals surface area contributed by atoms with Crippen LogP contribution in [-0.2, 0) is 0 Å². The van der Waals surface area contributed by atoms with Gasteiger partial charge in [0.25, 0.3) is 5.56 Å². The number of hydrogen-bond donors (Lipinski definition) is 0. The molecule has 0 spiro atoms. The zero-order chi connectivity index (χ0) is 24.8. The summed E-state index contributed by atoms with van der Waals surface area (Å²) in [4.78, 5) is 18.1. The van der Waals surface area contributed by atoms with Gasteiger partial charge >= 0.3 is 0 Å². The largest absolute Gasteiger partial charge is 0.493 e. The molecule has 0 saturated carbocycles. The van der Waals surface area contributed by atoms with Gasteiger partial charge in [-0.25, -0.2) is 0 Å². The van der Waals surface area contributed by atoms with Crippen LogP contribution in [0.1, 0.15) is 38.2 Å². The van der Waals surface area contributed by atoms with E-state index in [2.05, 4.69) is 17.0 Å². The minimum Gasteiger partial charge on any atom is -0.493 e. The van der Waals surface area contributed by atoms with Gasteiger partial charge in [0.15, 0.2) is 28.8 Å². The van der Waals surface area contributed by atoms with E-state index in [0.29, 0.717) is 44.9 Å². The van der Waals surface area contributed by atoms with Crippen LogP contribution in [0.3, 0.4) is 0 Å². The maximum Gasteiger partial charge on any atom is 0.291 e. The van der Waals surface area contributed by atoms with E-state index >= 15 is 0 Å². The van der Waals surface area contributed by atoms with Gasteiger partial charge in [0.2, 0.25) is 4.96 Å². The van der Waals surface area contributed by atoms with E-state index in [1.54, 1.807) is 33.5 Å². The maximum atomic E-state index is 13.0. The Labute approximate surface area is 207 Å². The number of unbranched alkanes of at least 4 members (excludes halogenated alkanes) is 3. The number of hydrogen-bond acceptors (Lipinski definition) is 8. The number of nitrogens with zero attached hydrogens (tertiary/aromatic N) is 3. The Morgan fingerprint density at radius 1 is 0.914 bits per heavy atom. The van der Waals surface area contributed by atoms with E-state index in [1.807, 2.05) is 30.3 Å². The first-order valence-corrected chi connectivity index (χ1v) is 12.3. The molecule has 0 atom stereocenters. The Morgan fingerprint density at radius 3 is 2.37 bits per heavy atom. The normalized spacial score (nSPS) is 11.7. The summed E-state index contributed by atoms with van der Waals surface area (Å²) in [6.07, 6.45) is 6.38. The topological polar surface area (TPSA) is 84.2 Å². The summed E-state index contributed by atoms with van der Waals surface area (Å²) in [5, 5.41) is 4.42. The predicted molar refractivity (Wildman–Crippen MR) is 137 cm³/mol. The summed E-state index contributed by atoms with van der Waals surface area (Å²) < 4.78 is 23.9. The minimum absolute atomic E-state index is 0.223. The Bertz CT molecular complexity index is 1410. The van der Waals surface area contributed by atoms with Crippen molar-refractivity contribution in [2.45, 2.75) is 32.6 Å². The third-order valence-corrected chi connectivity index (χ3v) is 6.52. The van der Waals surface area contributed by atoms with E-state index < -0.39 is 0 Å². The number of ether oxygens (including phenoxy) is 4. The van der Waals surface area contributed by atoms with Crippen molar-refractivity contribution in [1.29, 1.82) is 0 Å². The molecule has 184 valence electrons. The number of thiazole rings is 1. The Hall–Kier alpha value is -3.59. The van der Waals surface area contributed by atoms with E-state index in [4.69, 9.17) is 18.9 Å². The van der Waals surface area contributed by atoms with Crippen molar-refractivity contribution < 1.29 is 18.9 Å². The second-order valence-electron chi connectivity index (χ2n) is 7.93. The van der Waals surface area contributed by atoms with Crippen LogP contribution in [0.4, 0.5) is 0 Å². The van der Waals surface area contributed by atoms with Crippen molar-refractivity contribution in [3.63, 3.8) is 0 Å². The SMILES string of the molecule is CCCCCCOc1ccc(/C=c2\sc3nc(-c4ccc(OC)c(OC)c4)nn3c2=O)cc1OC. The van der Waals surface area contributed by atoms with Gasteiger partial charge in [0.05, 0.1) is 32.5 Å². The fourth-order valence-corrected chi connectivity index (χ4v) is 4.59. The molecular formula is C26H29N3O5S. The second kappa shape index (κ2) is 11.2. The lowest BCUT2D eigenvalue weighted by Gasteiger charge is -2.11. The minimum atomic E-state index is -0.223. The molecule has 0 unspecified atom stereocenters. The quantitative estimate of drug-likeness (QED) is 0.286. The zero-order valence-electron chi connectivity index (χ0n) is 20.4. The highest BCUT2D eigenvalue weighted by molar-refractivity contribution is 7.15. The van der Waals surface area contributed by atoms with E-state index in [-0.39, 0.29) is 5.56 Å². The molecular weight excluding hydrogens is 466 g/mol. The van der Waals surface area contributed by atoms with Gasteiger partial charge in [-0.05, 0) is 48.4 Å². The molecule has 4 aromatic rings. The first-order chi connectivity index (χ1) is 17.1. The highest BCUT2D eigenvalue weighted by Gasteiger charge is 2.14. The molecule has 0 aliphatic carbocycles. The summed E-state index contributed by atoms with van der Waals surface area (Å²) in [5.41, 5.74) is 1.35. The second-order valence-corrected chi connectivity index (χ2v) is 8.94. The van der Waals surface area contributed by atoms with Gasteiger partial charge in [-0.1, -0.05) is 43.6 Å². The summed E-state index contributed by atoms with van der Waals surface area (Å²) in [7, 11) is 4.76. The molecule has 9 heteroatoms. The fourth-order valence-electron chi connectivity index (χ4n) is 3.69. The number of benzene rings is 2. The molecule has 0 bridgehead atoms. The van der Waals surface area contributed by atoms with Crippen molar-refractivity contribution in [2.75, 3.05) is 27.9 Å². The molecule has 2 aromatic heterocycles. The van der Waals surface area contributed by atoms with E-state index in [1.165, 1.54) is 28.7 Å². The number of methoxy groups -OCH3 is 3. The first kappa shape index (κ1) is 24.5. The van der Waals surface area contributed by atoms with Crippen LogP contribution in [0.15, 0.2) is 41.2 Å². The monoisotopic (exact) mass is 495 g/mol. The number of rotatable bonds is 11. The molecule has 0 fully saturated rings. The number of fused-ring (bicyclic) bond motifs is 1. The standard InChI is InChI=1S/C26H29N3O5S/c1-5-6-7-8-13-34-20-11-9-17(14-21(20)32-3)15-23-25(30)29-26(35-23)27-24(28-29)18-10-12-19(31-2)22(16-18)33-4/h9-12,14-16H,5-8,13H2,1-4H3/b23-15-. The smallest absolute Gasteiger partial charge is 0.291 e. The fraction of sp³-hybridized carbons (Fsp3) is 0.346. The lowest BCUT2D eigenvalue weighted by molar-refractivity contribution is 0.285. The Balaban J connectivity index is 1.58. The molecule has 2 aromatic carbocycles. The van der Waals surface area contributed by atoms with Crippen LogP contribution in [0, 0.1) is 0 Å². The van der Waals surface area contributed by atoms with Gasteiger partial charge < -0.3 is 18.9 Å². The summed E-state index contributed by atoms with van der Waals surface area (Å²) in [6.45, 7) is 2.84. The molecule has 0 aliphatic heterocycles. The Morgan fingerprint density at radius 2 is 1.66 bits per heavy atom. The van der Waals surface area contributed by atoms with Crippen molar-refractivity contribution in [1.82, 2.24) is 14.6 Å². The van der Waals surface area contributed by atoms with Crippen molar-refractivity contribution in [3.8, 4) is 34.4 Å². The van der Waals surface area contributed by atoms with Crippen molar-refractivity contribution >= 4 is 22.4 Å². The van der Waals surface area contributed by atoms with Gasteiger partial charge in [-0.3, -0.25) is 4.79 Å². The third kappa shape index (κ3) is 5.40. The molecule has 2 heterocycles. The maximum absolute atomic E-state index is 13.0. The zero-order valence-corrected chi connectivity index (χ0v) is 21.2. The molecule has 0 saturated heterocycles. The molecule has 8 nitrogen and oxygen atoms in total. The first-order valence-electron chi connectivity index (χ1n) is 11.5. The van der Waals surface area contributed by atoms with Gasteiger partial charge in [-0.15, -0.1) is 5.10 Å². The highest BCUT2D eigenvalue weighted by Crippen LogP contribution is 2.31. The van der Waals surface area contributed by atoms with Crippen molar-refractivity contribution in [3.05, 3.63) is 56.8 Å². The molecule has 35 heavy (non-hydrogen) atoms. The Kier molecular flexibility index (Phi) is 7.87. The molecule has 0 radical (unpaired) electrons. The summed E-state index contributed by atoms with van der Waals surface area (Å²) in [6, 6.07) is 11.1. The number of aromatic nitrogens is 3. The van der Waals surface area contributed by atoms with E-state index in [0.717, 1.165) is 24.0 Å². The van der Waals surface area contributed by atoms with E-state index in [9.17, 15) is 4.79 Å². The van der Waals surface area contributed by atoms with Crippen molar-refractivity contribution in [2.24, 2.45) is 0 Å². The van der Waals surface area contributed by atoms with Crippen LogP contribution in [0.25, 0.3) is 22.4 Å². The van der Waals surface area contributed by atoms with Crippen LogP contribution < -0.4 is 29.0 Å². The summed E-state index contributed by atoms with van der Waals surface area (Å²) in [5.74, 6) is 2.97. The van der Waals surface area contributed by atoms with Crippen LogP contribution >= 0.6 is 11.3 Å². The van der Waals surface area contributed by atoms with Gasteiger partial charge in [0.1, 0.15) is 0 Å². The lowest BCUT2D eigenvalue weighted by Crippen LogP contribution is -2.23. The van der Waals surface area contributed by atoms with Gasteiger partial charge in [0, 0.05) is 5.56 Å². The molecule has 0 aliphatic rings. The average Bonchev–Trinajstić information content (AvgIpc) is 3.43. The van der Waals surface area contributed by atoms with Crippen LogP contribution in [-0.4, -0.2) is 42.5 Å². The molecule has 4 rings (SSSR count). The predicted octanol–water partition coefficient (Wildman–Crippen LogP) is 4.35. The molecule has 0 amide bonds. The van der Waals surface area contributed by atoms with Crippen LogP contribution in [0.5, 0.6) is 23.0 Å². The third-order valence-electron chi connectivity index (χ3n) is 5.56. The van der Waals surface area contributed by atoms with Gasteiger partial charge in [-0.2, -0.15) is 9.50 Å².